The number of carbonyl (C=O) groups excluding carboxylic acids is 1. The highest BCUT2D eigenvalue weighted by atomic mass is 79.9. The maximum absolute atomic E-state index is 12.6. The fraction of sp³-hybridized carbons (Fsp3) is 0.500. The molecular weight excluding hydrogens is 334 g/mol. The van der Waals surface area contributed by atoms with Gasteiger partial charge in [0.1, 0.15) is 0 Å². The summed E-state index contributed by atoms with van der Waals surface area (Å²) in [5.74, 6) is -1.22. The summed E-state index contributed by atoms with van der Waals surface area (Å²) in [6.45, 7) is 2.91. The van der Waals surface area contributed by atoms with Gasteiger partial charge < -0.3 is 10.0 Å². The lowest BCUT2D eigenvalue weighted by Gasteiger charge is -2.23. The molecule has 0 aromatic heterocycles. The maximum atomic E-state index is 12.6. The molecule has 0 saturated carbocycles. The van der Waals surface area contributed by atoms with Crippen LogP contribution in [0.4, 0.5) is 0 Å². The van der Waals surface area contributed by atoms with Crippen molar-refractivity contribution in [3.63, 3.8) is 0 Å². The quantitative estimate of drug-likeness (QED) is 0.885. The number of halogens is 1. The van der Waals surface area contributed by atoms with E-state index in [1.54, 1.807) is 4.90 Å². The van der Waals surface area contributed by atoms with Crippen molar-refractivity contribution in [1.82, 2.24) is 4.90 Å². The summed E-state index contributed by atoms with van der Waals surface area (Å²) in [6.07, 6.45) is 2.01. The molecule has 2 unspecified atom stereocenters. The third kappa shape index (κ3) is 3.84. The Labute approximate surface area is 133 Å². The van der Waals surface area contributed by atoms with Gasteiger partial charge >= 0.3 is 5.97 Å². The van der Waals surface area contributed by atoms with Crippen LogP contribution in [0.2, 0.25) is 0 Å². The van der Waals surface area contributed by atoms with Crippen molar-refractivity contribution in [2.45, 2.75) is 26.2 Å². The van der Waals surface area contributed by atoms with Crippen molar-refractivity contribution in [3.05, 3.63) is 34.3 Å². The van der Waals surface area contributed by atoms with Gasteiger partial charge in [-0.05, 0) is 30.9 Å². The Balaban J connectivity index is 2.03. The molecule has 1 saturated heterocycles. The van der Waals surface area contributed by atoms with Crippen LogP contribution in [0.3, 0.4) is 0 Å². The molecule has 2 rings (SSSR count). The number of benzene rings is 1. The first-order chi connectivity index (χ1) is 10.0. The highest BCUT2D eigenvalue weighted by Gasteiger charge is 2.33. The topological polar surface area (TPSA) is 57.6 Å². The number of hydrogen-bond donors (Lipinski definition) is 1. The van der Waals surface area contributed by atoms with Gasteiger partial charge in [-0.3, -0.25) is 9.59 Å². The molecule has 2 atom stereocenters. The zero-order valence-corrected chi connectivity index (χ0v) is 13.7. The summed E-state index contributed by atoms with van der Waals surface area (Å²) in [6, 6.07) is 7.91. The largest absolute Gasteiger partial charge is 0.481 e. The van der Waals surface area contributed by atoms with E-state index in [1.165, 1.54) is 0 Å². The predicted octanol–water partition coefficient (Wildman–Crippen LogP) is 2.95. The normalized spacial score (nSPS) is 19.5. The van der Waals surface area contributed by atoms with E-state index in [2.05, 4.69) is 15.9 Å². The van der Waals surface area contributed by atoms with Crippen molar-refractivity contribution in [3.8, 4) is 0 Å². The molecule has 1 heterocycles. The lowest BCUT2D eigenvalue weighted by Crippen LogP contribution is -2.35. The Morgan fingerprint density at radius 2 is 2.14 bits per heavy atom. The maximum Gasteiger partial charge on any atom is 0.308 e. The second kappa shape index (κ2) is 7.07. The molecule has 1 amide bonds. The zero-order chi connectivity index (χ0) is 15.4. The molecule has 4 nitrogen and oxygen atoms in total. The Kier molecular flexibility index (Phi) is 5.39. The number of rotatable bonds is 5. The number of carboxylic acids is 1. The van der Waals surface area contributed by atoms with Gasteiger partial charge in [0.2, 0.25) is 5.91 Å². The molecule has 1 aliphatic heterocycles. The van der Waals surface area contributed by atoms with E-state index in [0.29, 0.717) is 25.9 Å². The van der Waals surface area contributed by atoms with Crippen molar-refractivity contribution in [1.29, 1.82) is 0 Å². The summed E-state index contributed by atoms with van der Waals surface area (Å²) in [7, 11) is 0. The van der Waals surface area contributed by atoms with E-state index in [-0.39, 0.29) is 11.8 Å². The SMILES string of the molecule is CCC(Cc1ccccc1Br)C(=O)N1CCC(C(=O)O)C1. The van der Waals surface area contributed by atoms with Crippen LogP contribution in [0.1, 0.15) is 25.3 Å². The molecule has 0 spiro atoms. The molecule has 0 bridgehead atoms. The van der Waals surface area contributed by atoms with Crippen LogP contribution in [0, 0.1) is 11.8 Å². The molecule has 1 N–H and O–H groups in total. The minimum absolute atomic E-state index is 0.0806. The van der Waals surface area contributed by atoms with E-state index >= 15 is 0 Å². The molecular formula is C16H20BrNO3. The molecule has 1 aromatic rings. The second-order valence-corrected chi connectivity index (χ2v) is 6.36. The van der Waals surface area contributed by atoms with Crippen molar-refractivity contribution >= 4 is 27.8 Å². The van der Waals surface area contributed by atoms with Crippen LogP contribution in [-0.4, -0.2) is 35.0 Å². The molecule has 5 heteroatoms. The third-order valence-electron chi connectivity index (χ3n) is 4.12. The fourth-order valence-corrected chi connectivity index (χ4v) is 3.20. The molecule has 21 heavy (non-hydrogen) atoms. The van der Waals surface area contributed by atoms with Crippen LogP contribution < -0.4 is 0 Å². The van der Waals surface area contributed by atoms with Gasteiger partial charge in [-0.15, -0.1) is 0 Å². The summed E-state index contributed by atoms with van der Waals surface area (Å²) in [5, 5.41) is 9.04. The van der Waals surface area contributed by atoms with Crippen LogP contribution in [0.25, 0.3) is 0 Å². The third-order valence-corrected chi connectivity index (χ3v) is 4.89. The summed E-state index contributed by atoms with van der Waals surface area (Å²) < 4.78 is 1.01. The molecule has 1 fully saturated rings. The van der Waals surface area contributed by atoms with E-state index in [0.717, 1.165) is 16.5 Å². The highest BCUT2D eigenvalue weighted by Crippen LogP contribution is 2.25. The minimum atomic E-state index is -0.802. The van der Waals surface area contributed by atoms with E-state index in [4.69, 9.17) is 5.11 Å². The summed E-state index contributed by atoms with van der Waals surface area (Å²) in [5.41, 5.74) is 1.12. The van der Waals surface area contributed by atoms with Crippen LogP contribution in [0.5, 0.6) is 0 Å². The monoisotopic (exact) mass is 353 g/mol. The van der Waals surface area contributed by atoms with Gasteiger partial charge in [0.15, 0.2) is 0 Å². The van der Waals surface area contributed by atoms with Crippen LogP contribution in [-0.2, 0) is 16.0 Å². The van der Waals surface area contributed by atoms with Gasteiger partial charge in [0.25, 0.3) is 0 Å². The lowest BCUT2D eigenvalue weighted by molar-refractivity contribution is -0.141. The molecule has 0 aliphatic carbocycles. The van der Waals surface area contributed by atoms with Gasteiger partial charge in [0, 0.05) is 23.5 Å². The first-order valence-electron chi connectivity index (χ1n) is 7.28. The van der Waals surface area contributed by atoms with Crippen LogP contribution in [0.15, 0.2) is 28.7 Å². The lowest BCUT2D eigenvalue weighted by atomic mass is 9.95. The smallest absolute Gasteiger partial charge is 0.308 e. The standard InChI is InChI=1S/C16H20BrNO3/c1-2-11(9-12-5-3-4-6-14(12)17)15(19)18-8-7-13(10-18)16(20)21/h3-6,11,13H,2,7-10H2,1H3,(H,20,21). The number of aliphatic carboxylic acids is 1. The van der Waals surface area contributed by atoms with Gasteiger partial charge in [-0.2, -0.15) is 0 Å². The van der Waals surface area contributed by atoms with E-state index in [1.807, 2.05) is 31.2 Å². The van der Waals surface area contributed by atoms with Crippen molar-refractivity contribution in [2.75, 3.05) is 13.1 Å². The van der Waals surface area contributed by atoms with Crippen molar-refractivity contribution < 1.29 is 14.7 Å². The molecule has 0 radical (unpaired) electrons. The number of amides is 1. The number of hydrogen-bond acceptors (Lipinski definition) is 2. The molecule has 1 aliphatic rings. The second-order valence-electron chi connectivity index (χ2n) is 5.51. The minimum Gasteiger partial charge on any atom is -0.481 e. The Morgan fingerprint density at radius 1 is 1.43 bits per heavy atom. The van der Waals surface area contributed by atoms with Gasteiger partial charge in [-0.25, -0.2) is 0 Å². The number of nitrogens with zero attached hydrogens (tertiary/aromatic N) is 1. The van der Waals surface area contributed by atoms with E-state index in [9.17, 15) is 9.59 Å². The predicted molar refractivity (Wildman–Crippen MR) is 83.9 cm³/mol. The fourth-order valence-electron chi connectivity index (χ4n) is 2.76. The van der Waals surface area contributed by atoms with Gasteiger partial charge in [-0.1, -0.05) is 41.1 Å². The van der Waals surface area contributed by atoms with Gasteiger partial charge in [0.05, 0.1) is 5.92 Å². The molecule has 1 aromatic carbocycles. The number of carbonyl (C=O) groups is 2. The molecule has 114 valence electrons. The highest BCUT2D eigenvalue weighted by molar-refractivity contribution is 9.10. The van der Waals surface area contributed by atoms with Crippen LogP contribution >= 0.6 is 15.9 Å². The first-order valence-corrected chi connectivity index (χ1v) is 8.07. The summed E-state index contributed by atoms with van der Waals surface area (Å²) >= 11 is 3.51. The van der Waals surface area contributed by atoms with E-state index < -0.39 is 11.9 Å². The number of carboxylic acid groups (broad SMARTS) is 1. The Hall–Kier alpha value is -1.36. The Bertz CT molecular complexity index is 532. The Morgan fingerprint density at radius 3 is 2.71 bits per heavy atom. The average Bonchev–Trinajstić information content (AvgIpc) is 2.96. The summed E-state index contributed by atoms with van der Waals surface area (Å²) in [4.78, 5) is 25.3. The first kappa shape index (κ1) is 16.0. The van der Waals surface area contributed by atoms with Crippen molar-refractivity contribution in [2.24, 2.45) is 11.8 Å². The average molecular weight is 354 g/mol. The number of likely N-dealkylation sites (tertiary alicyclic amines) is 1. The zero-order valence-electron chi connectivity index (χ0n) is 12.1.